The predicted molar refractivity (Wildman–Crippen MR) is 102 cm³/mol. The van der Waals surface area contributed by atoms with Gasteiger partial charge in [0.05, 0.1) is 0 Å². The first-order chi connectivity index (χ1) is 15.5. The zero-order chi connectivity index (χ0) is 24.3. The molecule has 0 aliphatic carbocycles. The second-order valence-corrected chi connectivity index (χ2v) is 6.98. The minimum absolute atomic E-state index is 0.0140. The van der Waals surface area contributed by atoms with Crippen LogP contribution in [-0.2, 0) is 12.6 Å². The predicted octanol–water partition coefficient (Wildman–Crippen LogP) is 6.28. The molecule has 0 bridgehead atoms. The highest BCUT2D eigenvalue weighted by molar-refractivity contribution is 5.92. The Labute approximate surface area is 183 Å². The normalized spacial score (nSPS) is 11.5. The Kier molecular flexibility index (Phi) is 6.99. The fourth-order valence-electron chi connectivity index (χ4n) is 2.95. The third-order valence-corrected chi connectivity index (χ3v) is 4.54. The van der Waals surface area contributed by atoms with Crippen LogP contribution in [0.1, 0.15) is 41.3 Å². The first-order valence-electron chi connectivity index (χ1n) is 9.60. The van der Waals surface area contributed by atoms with Gasteiger partial charge in [0.1, 0.15) is 40.1 Å². The number of esters is 1. The van der Waals surface area contributed by atoms with Crippen molar-refractivity contribution < 1.29 is 40.3 Å². The number of hydrogen-bond donors (Lipinski definition) is 0. The van der Waals surface area contributed by atoms with Gasteiger partial charge in [-0.2, -0.15) is 13.2 Å². The number of nitrogens with zero attached hydrogens (tertiary/aromatic N) is 2. The Bertz CT molecular complexity index is 1130. The van der Waals surface area contributed by atoms with E-state index >= 15 is 0 Å². The molecule has 11 heteroatoms. The molecule has 0 radical (unpaired) electrons. The summed E-state index contributed by atoms with van der Waals surface area (Å²) in [7, 11) is 0. The van der Waals surface area contributed by atoms with Gasteiger partial charge in [0.2, 0.25) is 0 Å². The number of alkyl halides is 3. The number of ether oxygens (including phenoxy) is 1. The Morgan fingerprint density at radius 3 is 1.94 bits per heavy atom. The van der Waals surface area contributed by atoms with Crippen molar-refractivity contribution in [3.63, 3.8) is 0 Å². The SMILES string of the molecule is CCCCc1cnc(-c2cc(F)c(C(=O)Oc3cc(F)c(C(F)(F)F)c(F)c3)c(F)c2)nc1. The van der Waals surface area contributed by atoms with Gasteiger partial charge in [-0.25, -0.2) is 32.3 Å². The van der Waals surface area contributed by atoms with Crippen LogP contribution in [0.5, 0.6) is 5.75 Å². The third-order valence-electron chi connectivity index (χ3n) is 4.54. The fraction of sp³-hybridized carbons (Fsp3) is 0.227. The zero-order valence-corrected chi connectivity index (χ0v) is 16.9. The largest absolute Gasteiger partial charge is 0.423 e. The van der Waals surface area contributed by atoms with Crippen molar-refractivity contribution in [2.45, 2.75) is 32.4 Å². The lowest BCUT2D eigenvalue weighted by Crippen LogP contribution is -2.15. The van der Waals surface area contributed by atoms with E-state index in [0.29, 0.717) is 0 Å². The van der Waals surface area contributed by atoms with E-state index in [9.17, 15) is 35.5 Å². The molecule has 0 amide bonds. The molecule has 1 heterocycles. The Balaban J connectivity index is 1.85. The summed E-state index contributed by atoms with van der Waals surface area (Å²) in [5, 5.41) is 0. The Hall–Kier alpha value is -3.50. The molecule has 1 aromatic heterocycles. The molecule has 3 rings (SSSR count). The first-order valence-corrected chi connectivity index (χ1v) is 9.60. The average Bonchev–Trinajstić information content (AvgIpc) is 2.70. The second-order valence-electron chi connectivity index (χ2n) is 6.98. The van der Waals surface area contributed by atoms with Crippen LogP contribution in [0.25, 0.3) is 11.4 Å². The van der Waals surface area contributed by atoms with E-state index in [0.717, 1.165) is 37.0 Å². The van der Waals surface area contributed by atoms with Crippen LogP contribution in [0.2, 0.25) is 0 Å². The van der Waals surface area contributed by atoms with Crippen LogP contribution in [0.4, 0.5) is 30.7 Å². The van der Waals surface area contributed by atoms with Crippen LogP contribution >= 0.6 is 0 Å². The molecule has 0 aliphatic heterocycles. The first kappa shape index (κ1) is 24.1. The van der Waals surface area contributed by atoms with Gasteiger partial charge in [-0.15, -0.1) is 0 Å². The van der Waals surface area contributed by atoms with Crippen molar-refractivity contribution >= 4 is 5.97 Å². The number of unbranched alkanes of at least 4 members (excludes halogenated alkanes) is 1. The van der Waals surface area contributed by atoms with E-state index in [2.05, 4.69) is 14.7 Å². The van der Waals surface area contributed by atoms with Gasteiger partial charge in [0, 0.05) is 30.1 Å². The van der Waals surface area contributed by atoms with Gasteiger partial charge >= 0.3 is 12.1 Å². The molecule has 174 valence electrons. The topological polar surface area (TPSA) is 52.1 Å². The Morgan fingerprint density at radius 1 is 0.909 bits per heavy atom. The summed E-state index contributed by atoms with van der Waals surface area (Å²) in [6, 6.07) is 1.69. The van der Waals surface area contributed by atoms with E-state index in [1.807, 2.05) is 6.92 Å². The number of rotatable bonds is 6. The van der Waals surface area contributed by atoms with Crippen molar-refractivity contribution in [3.8, 4) is 17.1 Å². The van der Waals surface area contributed by atoms with Crippen molar-refractivity contribution in [2.75, 3.05) is 0 Å². The lowest BCUT2D eigenvalue weighted by molar-refractivity contribution is -0.142. The van der Waals surface area contributed by atoms with Gasteiger partial charge in [0.15, 0.2) is 5.82 Å². The molecule has 3 aromatic rings. The molecule has 0 saturated heterocycles. The molecule has 0 spiro atoms. The van der Waals surface area contributed by atoms with Crippen LogP contribution in [0, 0.1) is 23.3 Å². The minimum Gasteiger partial charge on any atom is -0.423 e. The quantitative estimate of drug-likeness (QED) is 0.241. The molecule has 33 heavy (non-hydrogen) atoms. The number of carbonyl (C=O) groups excluding carboxylic acids is 1. The summed E-state index contributed by atoms with van der Waals surface area (Å²) in [5.41, 5.74) is -2.66. The molecule has 0 unspecified atom stereocenters. The lowest BCUT2D eigenvalue weighted by Gasteiger charge is -2.12. The van der Waals surface area contributed by atoms with E-state index < -0.39 is 52.3 Å². The lowest BCUT2D eigenvalue weighted by atomic mass is 10.1. The molecule has 0 aliphatic rings. The molecular weight excluding hydrogens is 457 g/mol. The van der Waals surface area contributed by atoms with Gasteiger partial charge < -0.3 is 4.74 Å². The van der Waals surface area contributed by atoms with E-state index in [1.54, 1.807) is 0 Å². The highest BCUT2D eigenvalue weighted by atomic mass is 19.4. The second kappa shape index (κ2) is 9.55. The number of aryl methyl sites for hydroxylation is 1. The van der Waals surface area contributed by atoms with Crippen molar-refractivity contribution in [1.82, 2.24) is 9.97 Å². The summed E-state index contributed by atoms with van der Waals surface area (Å²) in [5.74, 6) is -9.60. The van der Waals surface area contributed by atoms with E-state index in [1.165, 1.54) is 12.4 Å². The molecule has 0 fully saturated rings. The summed E-state index contributed by atoms with van der Waals surface area (Å²) in [6.07, 6.45) is 0.279. The fourth-order valence-corrected chi connectivity index (χ4v) is 2.95. The van der Waals surface area contributed by atoms with Crippen LogP contribution in [-0.4, -0.2) is 15.9 Å². The van der Waals surface area contributed by atoms with E-state index in [4.69, 9.17) is 0 Å². The highest BCUT2D eigenvalue weighted by Crippen LogP contribution is 2.35. The molecule has 0 saturated carbocycles. The molecule has 4 nitrogen and oxygen atoms in total. The van der Waals surface area contributed by atoms with Crippen molar-refractivity contribution in [2.24, 2.45) is 0 Å². The standard InChI is InChI=1S/C22H15F7N2O2/c1-2-3-4-11-9-30-20(31-10-11)12-5-14(23)18(15(24)6-12)21(32)33-13-7-16(25)19(17(26)8-13)22(27,28)29/h5-10H,2-4H2,1H3. The maximum Gasteiger partial charge on any atom is 0.422 e. The molecule has 2 aromatic carbocycles. The Morgan fingerprint density at radius 2 is 1.45 bits per heavy atom. The smallest absolute Gasteiger partial charge is 0.422 e. The number of benzene rings is 2. The van der Waals surface area contributed by atoms with Crippen LogP contribution < -0.4 is 4.74 Å². The van der Waals surface area contributed by atoms with Gasteiger partial charge in [-0.1, -0.05) is 13.3 Å². The molecular formula is C22H15F7N2O2. The maximum absolute atomic E-state index is 14.5. The summed E-state index contributed by atoms with van der Waals surface area (Å²) in [6.45, 7) is 2.01. The summed E-state index contributed by atoms with van der Waals surface area (Å²) < 4.78 is 98.6. The summed E-state index contributed by atoms with van der Waals surface area (Å²) >= 11 is 0. The van der Waals surface area contributed by atoms with Crippen LogP contribution in [0.15, 0.2) is 36.7 Å². The van der Waals surface area contributed by atoms with Crippen molar-refractivity contribution in [1.29, 1.82) is 0 Å². The van der Waals surface area contributed by atoms with Gasteiger partial charge in [-0.3, -0.25) is 0 Å². The van der Waals surface area contributed by atoms with E-state index in [-0.39, 0.29) is 23.5 Å². The minimum atomic E-state index is -5.33. The maximum atomic E-state index is 14.5. The van der Waals surface area contributed by atoms with Crippen LogP contribution in [0.3, 0.4) is 0 Å². The number of hydrogen-bond acceptors (Lipinski definition) is 4. The number of aromatic nitrogens is 2. The highest BCUT2D eigenvalue weighted by Gasteiger charge is 2.38. The molecule has 0 N–H and O–H groups in total. The van der Waals surface area contributed by atoms with Crippen molar-refractivity contribution in [3.05, 3.63) is 76.6 Å². The third kappa shape index (κ3) is 5.47. The monoisotopic (exact) mass is 472 g/mol. The molecule has 0 atom stereocenters. The van der Waals surface area contributed by atoms with Gasteiger partial charge in [-0.05, 0) is 30.5 Å². The number of halogens is 7. The van der Waals surface area contributed by atoms with Gasteiger partial charge in [0.25, 0.3) is 0 Å². The zero-order valence-electron chi connectivity index (χ0n) is 16.9. The number of carbonyl (C=O) groups is 1. The average molecular weight is 472 g/mol. The summed E-state index contributed by atoms with van der Waals surface area (Å²) in [4.78, 5) is 20.2.